The van der Waals surface area contributed by atoms with E-state index in [1.165, 1.54) is 96.3 Å². The maximum absolute atomic E-state index is 1.50. The van der Waals surface area contributed by atoms with Gasteiger partial charge in [-0.05, 0) is 0 Å². The molecule has 93 valence electrons. The van der Waals surface area contributed by atoms with E-state index < -0.39 is 0 Å². The summed E-state index contributed by atoms with van der Waals surface area (Å²) in [5, 5.41) is 0. The zero-order valence-electron chi connectivity index (χ0n) is 11.2. The van der Waals surface area contributed by atoms with Crippen LogP contribution in [-0.4, -0.2) is 0 Å². The number of hydrogen-bond donors (Lipinski definition) is 0. The molecule has 0 saturated heterocycles. The van der Waals surface area contributed by atoms with Crippen molar-refractivity contribution in [3.05, 3.63) is 0 Å². The first-order chi connectivity index (χ1) is 7.50. The Hall–Kier alpha value is 0.870. The summed E-state index contributed by atoms with van der Waals surface area (Å²) in [5.41, 5.74) is 0. The van der Waals surface area contributed by atoms with Crippen molar-refractivity contribution in [2.45, 2.75) is 96.3 Å². The largest absolute Gasteiger partial charge is 0.0533 e. The summed E-state index contributed by atoms with van der Waals surface area (Å²) in [6.45, 7) is 0. The van der Waals surface area contributed by atoms with Gasteiger partial charge in [0, 0.05) is 25.8 Å². The van der Waals surface area contributed by atoms with Gasteiger partial charge < -0.3 is 0 Å². The minimum absolute atomic E-state index is 0. The van der Waals surface area contributed by atoms with E-state index in [2.05, 4.69) is 0 Å². The molecule has 3 saturated carbocycles. The van der Waals surface area contributed by atoms with Gasteiger partial charge in [-0.25, -0.2) is 0 Å². The molecule has 0 aromatic rings. The van der Waals surface area contributed by atoms with Gasteiger partial charge in [0.2, 0.25) is 0 Å². The molecule has 3 aliphatic rings. The van der Waals surface area contributed by atoms with Crippen LogP contribution in [-0.2, 0) is 25.8 Å². The van der Waals surface area contributed by atoms with Gasteiger partial charge >= 0.3 is 0 Å². The first kappa shape index (κ1) is 16.9. The molecule has 1 radical (unpaired) electrons. The fourth-order valence-corrected chi connectivity index (χ4v) is 2.65. The van der Waals surface area contributed by atoms with Crippen LogP contribution in [0, 0.1) is 0 Å². The SMILES string of the molecule is C1CCCC1.C1CCCC1.C1CCCC1.[Sc]. The molecule has 0 bridgehead atoms. The third kappa shape index (κ3) is 11.4. The number of hydrogen-bond acceptors (Lipinski definition) is 0. The second-order valence-electron chi connectivity index (χ2n) is 5.30. The van der Waals surface area contributed by atoms with E-state index in [0.29, 0.717) is 0 Å². The van der Waals surface area contributed by atoms with Gasteiger partial charge in [0.15, 0.2) is 0 Å². The summed E-state index contributed by atoms with van der Waals surface area (Å²) in [5.74, 6) is 0. The van der Waals surface area contributed by atoms with E-state index in [9.17, 15) is 0 Å². The van der Waals surface area contributed by atoms with E-state index in [1.54, 1.807) is 0 Å². The Balaban J connectivity index is 0.000000205. The molecular weight excluding hydrogens is 225 g/mol. The van der Waals surface area contributed by atoms with E-state index in [1.807, 2.05) is 0 Å². The van der Waals surface area contributed by atoms with E-state index in [-0.39, 0.29) is 25.8 Å². The average Bonchev–Trinajstić information content (AvgIpc) is 3.09. The first-order valence-electron chi connectivity index (χ1n) is 7.50. The van der Waals surface area contributed by atoms with Gasteiger partial charge in [-0.15, -0.1) is 0 Å². The molecule has 3 fully saturated rings. The van der Waals surface area contributed by atoms with Crippen molar-refractivity contribution in [3.8, 4) is 0 Å². The zero-order chi connectivity index (χ0) is 10.6. The molecule has 0 aromatic heterocycles. The van der Waals surface area contributed by atoms with Gasteiger partial charge in [-0.2, -0.15) is 0 Å². The summed E-state index contributed by atoms with van der Waals surface area (Å²) in [6, 6.07) is 0. The van der Waals surface area contributed by atoms with Crippen LogP contribution >= 0.6 is 0 Å². The molecule has 0 aliphatic heterocycles. The smallest absolute Gasteiger partial charge is 0 e. The molecule has 0 spiro atoms. The Bertz CT molecular complexity index is 64.0. The fourth-order valence-electron chi connectivity index (χ4n) is 2.65. The second-order valence-corrected chi connectivity index (χ2v) is 5.30. The molecular formula is C15H30Sc. The van der Waals surface area contributed by atoms with Gasteiger partial charge in [-0.3, -0.25) is 0 Å². The molecule has 0 nitrogen and oxygen atoms in total. The first-order valence-corrected chi connectivity index (χ1v) is 7.50. The van der Waals surface area contributed by atoms with E-state index >= 15 is 0 Å². The molecule has 3 rings (SSSR count). The molecule has 1 heteroatoms. The Labute approximate surface area is 122 Å². The average molecular weight is 255 g/mol. The Morgan fingerprint density at radius 2 is 0.250 bits per heavy atom. The monoisotopic (exact) mass is 255 g/mol. The summed E-state index contributed by atoms with van der Waals surface area (Å²) in [7, 11) is 0. The minimum atomic E-state index is 0. The molecule has 0 aromatic carbocycles. The third-order valence-corrected chi connectivity index (χ3v) is 3.75. The molecule has 16 heavy (non-hydrogen) atoms. The summed E-state index contributed by atoms with van der Waals surface area (Å²) >= 11 is 0. The molecule has 3 aliphatic carbocycles. The van der Waals surface area contributed by atoms with Crippen LogP contribution in [0.2, 0.25) is 0 Å². The molecule has 0 atom stereocenters. The standard InChI is InChI=1S/3C5H10.Sc/c3*1-2-4-5-3-1;/h3*1-5H2;. The Kier molecular flexibility index (Phi) is 14.7. The van der Waals surface area contributed by atoms with E-state index in [4.69, 9.17) is 0 Å². The molecule has 0 amide bonds. The third-order valence-electron chi connectivity index (χ3n) is 3.75. The van der Waals surface area contributed by atoms with Crippen molar-refractivity contribution in [1.82, 2.24) is 0 Å². The van der Waals surface area contributed by atoms with Crippen molar-refractivity contribution in [1.29, 1.82) is 0 Å². The normalized spacial score (nSPS) is 22.5. The van der Waals surface area contributed by atoms with Crippen molar-refractivity contribution >= 4 is 0 Å². The maximum atomic E-state index is 1.50. The molecule has 0 N–H and O–H groups in total. The summed E-state index contributed by atoms with van der Waals surface area (Å²) < 4.78 is 0. The molecule has 0 unspecified atom stereocenters. The quantitative estimate of drug-likeness (QED) is 0.509. The topological polar surface area (TPSA) is 0 Å². The van der Waals surface area contributed by atoms with E-state index in [0.717, 1.165) is 0 Å². The zero-order valence-corrected chi connectivity index (χ0v) is 13.0. The summed E-state index contributed by atoms with van der Waals surface area (Å²) in [4.78, 5) is 0. The fraction of sp³-hybridized carbons (Fsp3) is 1.00. The van der Waals surface area contributed by atoms with Gasteiger partial charge in [0.25, 0.3) is 0 Å². The van der Waals surface area contributed by atoms with Crippen LogP contribution in [0.3, 0.4) is 0 Å². The molecule has 0 heterocycles. The van der Waals surface area contributed by atoms with Gasteiger partial charge in [0.05, 0.1) is 0 Å². The predicted molar refractivity (Wildman–Crippen MR) is 69.3 cm³/mol. The van der Waals surface area contributed by atoms with Crippen molar-refractivity contribution in [2.75, 3.05) is 0 Å². The van der Waals surface area contributed by atoms with Crippen LogP contribution in [0.5, 0.6) is 0 Å². The maximum Gasteiger partial charge on any atom is 0 e. The van der Waals surface area contributed by atoms with Crippen LogP contribution in [0.25, 0.3) is 0 Å². The van der Waals surface area contributed by atoms with Crippen LogP contribution in [0.1, 0.15) is 96.3 Å². The predicted octanol–water partition coefficient (Wildman–Crippen LogP) is 5.85. The van der Waals surface area contributed by atoms with Gasteiger partial charge in [0.1, 0.15) is 0 Å². The van der Waals surface area contributed by atoms with Gasteiger partial charge in [-0.1, -0.05) is 96.3 Å². The Morgan fingerprint density at radius 3 is 0.312 bits per heavy atom. The number of rotatable bonds is 0. The summed E-state index contributed by atoms with van der Waals surface area (Å²) in [6.07, 6.45) is 22.5. The van der Waals surface area contributed by atoms with Crippen LogP contribution in [0.4, 0.5) is 0 Å². The Morgan fingerprint density at radius 1 is 0.188 bits per heavy atom. The second kappa shape index (κ2) is 13.9. The van der Waals surface area contributed by atoms with Crippen LogP contribution < -0.4 is 0 Å². The van der Waals surface area contributed by atoms with Crippen molar-refractivity contribution in [3.63, 3.8) is 0 Å². The van der Waals surface area contributed by atoms with Crippen molar-refractivity contribution < 1.29 is 25.8 Å². The minimum Gasteiger partial charge on any atom is -0.0533 e. The van der Waals surface area contributed by atoms with Crippen molar-refractivity contribution in [2.24, 2.45) is 0 Å². The van der Waals surface area contributed by atoms with Crippen LogP contribution in [0.15, 0.2) is 0 Å².